The highest BCUT2D eigenvalue weighted by Gasteiger charge is 2.19. The van der Waals surface area contributed by atoms with Crippen LogP contribution in [-0.4, -0.2) is 59.9 Å². The van der Waals surface area contributed by atoms with E-state index in [1.54, 1.807) is 0 Å². The third-order valence-electron chi connectivity index (χ3n) is 4.32. The molecule has 0 fully saturated rings. The summed E-state index contributed by atoms with van der Waals surface area (Å²) in [5, 5.41) is 9.26. The minimum atomic E-state index is -0.531. The summed E-state index contributed by atoms with van der Waals surface area (Å²) in [6, 6.07) is 18.8. The first-order chi connectivity index (χ1) is 14.1. The molecular formula is C22H28N2O5. The van der Waals surface area contributed by atoms with Crippen LogP contribution < -0.4 is 0 Å². The fraction of sp³-hybridized carbons (Fsp3) is 0.364. The number of benzene rings is 2. The van der Waals surface area contributed by atoms with Gasteiger partial charge in [-0.3, -0.25) is 0 Å². The molecule has 0 unspecified atom stereocenters. The van der Waals surface area contributed by atoms with Gasteiger partial charge in [0.25, 0.3) is 0 Å². The maximum Gasteiger partial charge on any atom is 0.410 e. The topological polar surface area (TPSA) is 79.3 Å². The van der Waals surface area contributed by atoms with Gasteiger partial charge in [-0.2, -0.15) is 0 Å². The molecule has 0 spiro atoms. The van der Waals surface area contributed by atoms with Crippen LogP contribution in [0, 0.1) is 0 Å². The van der Waals surface area contributed by atoms with Crippen molar-refractivity contribution in [3.05, 3.63) is 71.8 Å². The smallest absolute Gasteiger partial charge is 0.410 e. The Morgan fingerprint density at radius 3 is 1.66 bits per heavy atom. The molecule has 7 heteroatoms. The van der Waals surface area contributed by atoms with E-state index in [9.17, 15) is 14.7 Å². The van der Waals surface area contributed by atoms with Crippen LogP contribution in [-0.2, 0) is 22.7 Å². The fourth-order valence-electron chi connectivity index (χ4n) is 2.66. The lowest BCUT2D eigenvalue weighted by Crippen LogP contribution is -2.42. The van der Waals surface area contributed by atoms with Gasteiger partial charge in [0, 0.05) is 26.2 Å². The highest BCUT2D eigenvalue weighted by atomic mass is 16.6. The Labute approximate surface area is 171 Å². The Balaban J connectivity index is 1.82. The summed E-state index contributed by atoms with van der Waals surface area (Å²) in [6.07, 6.45) is -0.977. The first-order valence-electron chi connectivity index (χ1n) is 9.66. The fourth-order valence-corrected chi connectivity index (χ4v) is 2.66. The summed E-state index contributed by atoms with van der Waals surface area (Å²) in [5.41, 5.74) is 1.78. The van der Waals surface area contributed by atoms with E-state index in [-0.39, 0.29) is 39.5 Å². The number of aliphatic hydroxyl groups is 1. The van der Waals surface area contributed by atoms with Gasteiger partial charge >= 0.3 is 12.2 Å². The average molecular weight is 400 g/mol. The molecule has 0 radical (unpaired) electrons. The van der Waals surface area contributed by atoms with Crippen molar-refractivity contribution in [3.63, 3.8) is 0 Å². The van der Waals surface area contributed by atoms with E-state index in [0.717, 1.165) is 11.1 Å². The van der Waals surface area contributed by atoms with Gasteiger partial charge in [-0.05, 0) is 18.1 Å². The Morgan fingerprint density at radius 1 is 0.759 bits per heavy atom. The third kappa shape index (κ3) is 7.83. The van der Waals surface area contributed by atoms with E-state index in [1.165, 1.54) is 9.80 Å². The molecule has 0 saturated carbocycles. The van der Waals surface area contributed by atoms with Crippen molar-refractivity contribution in [3.8, 4) is 0 Å². The summed E-state index contributed by atoms with van der Waals surface area (Å²) in [5.74, 6) is 0. The molecule has 2 aromatic rings. The number of hydrogen-bond acceptors (Lipinski definition) is 5. The van der Waals surface area contributed by atoms with Crippen molar-refractivity contribution in [2.75, 3.05) is 32.8 Å². The lowest BCUT2D eigenvalue weighted by atomic mass is 10.2. The van der Waals surface area contributed by atoms with Crippen LogP contribution in [0.3, 0.4) is 0 Å². The minimum absolute atomic E-state index is 0.129. The molecule has 0 aliphatic carbocycles. The van der Waals surface area contributed by atoms with Crippen molar-refractivity contribution in [2.45, 2.75) is 20.1 Å². The van der Waals surface area contributed by atoms with Crippen LogP contribution in [0.15, 0.2) is 60.7 Å². The molecule has 2 amide bonds. The van der Waals surface area contributed by atoms with Crippen LogP contribution in [0.1, 0.15) is 18.1 Å². The van der Waals surface area contributed by atoms with Crippen molar-refractivity contribution in [2.24, 2.45) is 0 Å². The Kier molecular flexibility index (Phi) is 9.51. The molecule has 2 rings (SSSR count). The van der Waals surface area contributed by atoms with Crippen molar-refractivity contribution < 1.29 is 24.2 Å². The summed E-state index contributed by atoms with van der Waals surface area (Å²) in [6.45, 7) is 3.09. The van der Waals surface area contributed by atoms with Crippen molar-refractivity contribution in [1.82, 2.24) is 9.80 Å². The summed E-state index contributed by atoms with van der Waals surface area (Å²) < 4.78 is 10.7. The zero-order valence-corrected chi connectivity index (χ0v) is 16.7. The molecule has 156 valence electrons. The largest absolute Gasteiger partial charge is 0.445 e. The molecule has 29 heavy (non-hydrogen) atoms. The second-order valence-corrected chi connectivity index (χ2v) is 6.37. The van der Waals surface area contributed by atoms with E-state index < -0.39 is 12.2 Å². The maximum absolute atomic E-state index is 12.3. The zero-order valence-electron chi connectivity index (χ0n) is 16.7. The van der Waals surface area contributed by atoms with Crippen LogP contribution in [0.25, 0.3) is 0 Å². The molecule has 0 heterocycles. The molecule has 0 aromatic heterocycles. The summed E-state index contributed by atoms with van der Waals surface area (Å²) in [7, 11) is 0. The van der Waals surface area contributed by atoms with E-state index in [0.29, 0.717) is 6.54 Å². The monoisotopic (exact) mass is 400 g/mol. The summed E-state index contributed by atoms with van der Waals surface area (Å²) >= 11 is 0. The lowest BCUT2D eigenvalue weighted by molar-refractivity contribution is 0.0747. The van der Waals surface area contributed by atoms with E-state index in [1.807, 2.05) is 67.6 Å². The number of aliphatic hydroxyl groups excluding tert-OH is 1. The number of nitrogens with zero attached hydrogens (tertiary/aromatic N) is 2. The van der Waals surface area contributed by atoms with Crippen LogP contribution >= 0.6 is 0 Å². The van der Waals surface area contributed by atoms with Gasteiger partial charge in [0.1, 0.15) is 13.2 Å². The Hall–Kier alpha value is -3.06. The predicted molar refractivity (Wildman–Crippen MR) is 109 cm³/mol. The van der Waals surface area contributed by atoms with Crippen LogP contribution in [0.5, 0.6) is 0 Å². The minimum Gasteiger partial charge on any atom is -0.445 e. The van der Waals surface area contributed by atoms with Gasteiger partial charge in [0.2, 0.25) is 0 Å². The lowest BCUT2D eigenvalue weighted by Gasteiger charge is -2.26. The number of amides is 2. The molecule has 7 nitrogen and oxygen atoms in total. The average Bonchev–Trinajstić information content (AvgIpc) is 2.77. The Bertz CT molecular complexity index is 739. The van der Waals surface area contributed by atoms with E-state index in [2.05, 4.69) is 0 Å². The highest BCUT2D eigenvalue weighted by molar-refractivity contribution is 5.69. The van der Waals surface area contributed by atoms with Crippen LogP contribution in [0.4, 0.5) is 9.59 Å². The molecule has 0 bridgehead atoms. The SMILES string of the molecule is CCN(CCN(CCO)C(=O)OCc1ccccc1)C(=O)OCc1ccccc1. The first-order valence-corrected chi connectivity index (χ1v) is 9.66. The third-order valence-corrected chi connectivity index (χ3v) is 4.32. The number of likely N-dealkylation sites (N-methyl/N-ethyl adjacent to an activating group) is 1. The molecule has 0 atom stereocenters. The highest BCUT2D eigenvalue weighted by Crippen LogP contribution is 2.06. The number of carbonyl (C=O) groups is 2. The zero-order chi connectivity index (χ0) is 20.9. The van der Waals surface area contributed by atoms with Gasteiger partial charge in [-0.1, -0.05) is 60.7 Å². The first kappa shape index (κ1) is 22.2. The second kappa shape index (κ2) is 12.4. The van der Waals surface area contributed by atoms with Gasteiger partial charge in [0.15, 0.2) is 0 Å². The number of ether oxygens (including phenoxy) is 2. The van der Waals surface area contributed by atoms with Gasteiger partial charge in [-0.15, -0.1) is 0 Å². The van der Waals surface area contributed by atoms with Crippen molar-refractivity contribution in [1.29, 1.82) is 0 Å². The molecule has 2 aromatic carbocycles. The van der Waals surface area contributed by atoms with Gasteiger partial charge < -0.3 is 24.4 Å². The predicted octanol–water partition coefficient (Wildman–Crippen LogP) is 3.28. The van der Waals surface area contributed by atoms with E-state index in [4.69, 9.17) is 9.47 Å². The molecule has 1 N–H and O–H groups in total. The molecule has 0 saturated heterocycles. The summed E-state index contributed by atoms with van der Waals surface area (Å²) in [4.78, 5) is 27.6. The number of hydrogen-bond donors (Lipinski definition) is 1. The Morgan fingerprint density at radius 2 is 1.21 bits per heavy atom. The molecule has 0 aliphatic rings. The number of carbonyl (C=O) groups excluding carboxylic acids is 2. The molecular weight excluding hydrogens is 372 g/mol. The quantitative estimate of drug-likeness (QED) is 0.662. The van der Waals surface area contributed by atoms with Gasteiger partial charge in [0.05, 0.1) is 6.61 Å². The molecule has 0 aliphatic heterocycles. The standard InChI is InChI=1S/C22H28N2O5/c1-2-23(21(26)28-17-19-9-5-3-6-10-19)13-14-24(15-16-25)22(27)29-18-20-11-7-4-8-12-20/h3-12,25H,2,13-18H2,1H3. The number of rotatable bonds is 10. The van der Waals surface area contributed by atoms with E-state index >= 15 is 0 Å². The van der Waals surface area contributed by atoms with Crippen LogP contribution in [0.2, 0.25) is 0 Å². The maximum atomic E-state index is 12.3. The van der Waals surface area contributed by atoms with Gasteiger partial charge in [-0.25, -0.2) is 9.59 Å². The normalized spacial score (nSPS) is 10.3. The second-order valence-electron chi connectivity index (χ2n) is 6.37. The van der Waals surface area contributed by atoms with Crippen molar-refractivity contribution >= 4 is 12.2 Å².